The summed E-state index contributed by atoms with van der Waals surface area (Å²) in [7, 11) is 3.38. The molecule has 2 aromatic rings. The number of fused-ring (bicyclic) bond motifs is 1. The lowest BCUT2D eigenvalue weighted by Gasteiger charge is -2.10. The molecule has 0 spiro atoms. The summed E-state index contributed by atoms with van der Waals surface area (Å²) in [6.45, 7) is 2.15. The first kappa shape index (κ1) is 10.8. The molecule has 84 valence electrons. The van der Waals surface area contributed by atoms with E-state index in [9.17, 15) is 0 Å². The first-order valence-corrected chi connectivity index (χ1v) is 5.43. The van der Waals surface area contributed by atoms with Crippen LogP contribution in [0.3, 0.4) is 0 Å². The summed E-state index contributed by atoms with van der Waals surface area (Å²) in [6.07, 6.45) is 1.02. The molecule has 0 bridgehead atoms. The standard InChI is InChI=1S/C14H16O2/c1-4-10-5-6-11-12(9-10)14(16-3)8-7-13(11)15-2/h5-9H,4H2,1-3H3. The van der Waals surface area contributed by atoms with Crippen LogP contribution in [0.1, 0.15) is 12.5 Å². The minimum atomic E-state index is 0.887. The average Bonchev–Trinajstić information content (AvgIpc) is 2.36. The summed E-state index contributed by atoms with van der Waals surface area (Å²) in [5.74, 6) is 1.78. The van der Waals surface area contributed by atoms with Gasteiger partial charge in [0.2, 0.25) is 0 Å². The molecule has 0 unspecified atom stereocenters. The lowest BCUT2D eigenvalue weighted by molar-refractivity contribution is 0.410. The first-order valence-electron chi connectivity index (χ1n) is 5.43. The van der Waals surface area contributed by atoms with Crippen LogP contribution in [0.25, 0.3) is 10.8 Å². The highest BCUT2D eigenvalue weighted by Gasteiger charge is 2.07. The number of aryl methyl sites for hydroxylation is 1. The highest BCUT2D eigenvalue weighted by Crippen LogP contribution is 2.33. The largest absolute Gasteiger partial charge is 0.496 e. The Morgan fingerprint density at radius 3 is 2.06 bits per heavy atom. The van der Waals surface area contributed by atoms with Gasteiger partial charge in [0.05, 0.1) is 14.2 Å². The molecule has 0 heterocycles. The van der Waals surface area contributed by atoms with Crippen molar-refractivity contribution in [2.24, 2.45) is 0 Å². The smallest absolute Gasteiger partial charge is 0.126 e. The highest BCUT2D eigenvalue weighted by atomic mass is 16.5. The second-order valence-electron chi connectivity index (χ2n) is 3.70. The molecule has 0 radical (unpaired) electrons. The number of methoxy groups -OCH3 is 2. The minimum Gasteiger partial charge on any atom is -0.496 e. The van der Waals surface area contributed by atoms with Gasteiger partial charge in [0.25, 0.3) is 0 Å². The molecule has 2 nitrogen and oxygen atoms in total. The van der Waals surface area contributed by atoms with Crippen LogP contribution in [0.4, 0.5) is 0 Å². The number of rotatable bonds is 3. The molecule has 2 heteroatoms. The van der Waals surface area contributed by atoms with Gasteiger partial charge in [-0.2, -0.15) is 0 Å². The Morgan fingerprint density at radius 2 is 1.50 bits per heavy atom. The van der Waals surface area contributed by atoms with E-state index in [2.05, 4.69) is 25.1 Å². The molecule has 0 atom stereocenters. The summed E-state index contributed by atoms with van der Waals surface area (Å²) < 4.78 is 10.7. The Balaban J connectivity index is 2.74. The second kappa shape index (κ2) is 4.44. The van der Waals surface area contributed by atoms with Crippen molar-refractivity contribution in [1.29, 1.82) is 0 Å². The van der Waals surface area contributed by atoms with Gasteiger partial charge in [-0.3, -0.25) is 0 Å². The van der Waals surface area contributed by atoms with E-state index >= 15 is 0 Å². The zero-order valence-corrected chi connectivity index (χ0v) is 9.91. The third-order valence-corrected chi connectivity index (χ3v) is 2.85. The molecule has 0 saturated heterocycles. The van der Waals surface area contributed by atoms with Gasteiger partial charge in [-0.05, 0) is 30.2 Å². The number of hydrogen-bond donors (Lipinski definition) is 0. The van der Waals surface area contributed by atoms with Crippen molar-refractivity contribution in [1.82, 2.24) is 0 Å². The highest BCUT2D eigenvalue weighted by molar-refractivity contribution is 5.93. The maximum Gasteiger partial charge on any atom is 0.126 e. The summed E-state index contributed by atoms with van der Waals surface area (Å²) in [5.41, 5.74) is 1.30. The molecule has 0 fully saturated rings. The van der Waals surface area contributed by atoms with Crippen molar-refractivity contribution in [2.75, 3.05) is 14.2 Å². The fourth-order valence-electron chi connectivity index (χ4n) is 1.92. The van der Waals surface area contributed by atoms with Crippen molar-refractivity contribution in [3.63, 3.8) is 0 Å². The molecule has 16 heavy (non-hydrogen) atoms. The van der Waals surface area contributed by atoms with Crippen LogP contribution in [0, 0.1) is 0 Å². The van der Waals surface area contributed by atoms with Gasteiger partial charge < -0.3 is 9.47 Å². The molecule has 2 rings (SSSR count). The molecular formula is C14H16O2. The van der Waals surface area contributed by atoms with Gasteiger partial charge in [0, 0.05) is 10.8 Å². The van der Waals surface area contributed by atoms with Crippen molar-refractivity contribution in [3.05, 3.63) is 35.9 Å². The topological polar surface area (TPSA) is 18.5 Å². The van der Waals surface area contributed by atoms with Gasteiger partial charge in [-0.15, -0.1) is 0 Å². The third kappa shape index (κ3) is 1.71. The predicted molar refractivity (Wildman–Crippen MR) is 66.4 cm³/mol. The minimum absolute atomic E-state index is 0.887. The Kier molecular flexibility index (Phi) is 3.00. The van der Waals surface area contributed by atoms with Crippen LogP contribution >= 0.6 is 0 Å². The predicted octanol–water partition coefficient (Wildman–Crippen LogP) is 3.42. The second-order valence-corrected chi connectivity index (χ2v) is 3.70. The maximum absolute atomic E-state index is 5.37. The molecule has 2 aromatic carbocycles. The Hall–Kier alpha value is -1.70. The van der Waals surface area contributed by atoms with Crippen LogP contribution in [0.2, 0.25) is 0 Å². The quantitative estimate of drug-likeness (QED) is 0.782. The molecule has 0 saturated carbocycles. The van der Waals surface area contributed by atoms with Gasteiger partial charge in [-0.25, -0.2) is 0 Å². The van der Waals surface area contributed by atoms with Crippen molar-refractivity contribution < 1.29 is 9.47 Å². The van der Waals surface area contributed by atoms with Crippen LogP contribution in [-0.4, -0.2) is 14.2 Å². The number of benzene rings is 2. The van der Waals surface area contributed by atoms with Gasteiger partial charge in [0.1, 0.15) is 11.5 Å². The fraction of sp³-hybridized carbons (Fsp3) is 0.286. The average molecular weight is 216 g/mol. The van der Waals surface area contributed by atoms with Gasteiger partial charge >= 0.3 is 0 Å². The number of ether oxygens (including phenoxy) is 2. The summed E-state index contributed by atoms with van der Waals surface area (Å²) in [5, 5.41) is 2.21. The Labute approximate surface area is 95.8 Å². The van der Waals surface area contributed by atoms with Crippen molar-refractivity contribution in [2.45, 2.75) is 13.3 Å². The SMILES string of the molecule is CCc1ccc2c(OC)ccc(OC)c2c1. The monoisotopic (exact) mass is 216 g/mol. The lowest BCUT2D eigenvalue weighted by atomic mass is 10.0. The summed E-state index contributed by atoms with van der Waals surface area (Å²) in [6, 6.07) is 10.3. The van der Waals surface area contributed by atoms with E-state index in [0.29, 0.717) is 0 Å². The molecule has 0 N–H and O–H groups in total. The molecule has 0 aliphatic heterocycles. The Morgan fingerprint density at radius 1 is 0.875 bits per heavy atom. The maximum atomic E-state index is 5.37. The van der Waals surface area contributed by atoms with E-state index < -0.39 is 0 Å². The Bertz CT molecular complexity index is 503. The van der Waals surface area contributed by atoms with Gasteiger partial charge in [-0.1, -0.05) is 19.1 Å². The molecule has 0 aromatic heterocycles. The normalized spacial score (nSPS) is 10.4. The third-order valence-electron chi connectivity index (χ3n) is 2.85. The van der Waals surface area contributed by atoms with E-state index in [4.69, 9.17) is 9.47 Å². The van der Waals surface area contributed by atoms with E-state index in [-0.39, 0.29) is 0 Å². The zero-order chi connectivity index (χ0) is 11.5. The molecule has 0 aliphatic carbocycles. The van der Waals surface area contributed by atoms with Crippen LogP contribution in [-0.2, 0) is 6.42 Å². The van der Waals surface area contributed by atoms with Crippen molar-refractivity contribution in [3.8, 4) is 11.5 Å². The van der Waals surface area contributed by atoms with E-state index in [1.165, 1.54) is 5.56 Å². The first-order chi connectivity index (χ1) is 7.80. The van der Waals surface area contributed by atoms with E-state index in [1.807, 2.05) is 12.1 Å². The van der Waals surface area contributed by atoms with Gasteiger partial charge in [0.15, 0.2) is 0 Å². The van der Waals surface area contributed by atoms with E-state index in [1.54, 1.807) is 14.2 Å². The van der Waals surface area contributed by atoms with Crippen LogP contribution < -0.4 is 9.47 Å². The van der Waals surface area contributed by atoms with Crippen LogP contribution in [0.5, 0.6) is 11.5 Å². The fourth-order valence-corrected chi connectivity index (χ4v) is 1.92. The summed E-state index contributed by atoms with van der Waals surface area (Å²) >= 11 is 0. The molecule has 0 amide bonds. The summed E-state index contributed by atoms with van der Waals surface area (Å²) in [4.78, 5) is 0. The zero-order valence-electron chi connectivity index (χ0n) is 9.91. The molecular weight excluding hydrogens is 200 g/mol. The number of hydrogen-bond acceptors (Lipinski definition) is 2. The van der Waals surface area contributed by atoms with Crippen molar-refractivity contribution >= 4 is 10.8 Å². The van der Waals surface area contributed by atoms with E-state index in [0.717, 1.165) is 28.7 Å². The molecule has 0 aliphatic rings. The lowest BCUT2D eigenvalue weighted by Crippen LogP contribution is -1.90. The van der Waals surface area contributed by atoms with Crippen LogP contribution in [0.15, 0.2) is 30.3 Å².